The van der Waals surface area contributed by atoms with E-state index in [0.717, 1.165) is 34.4 Å². The summed E-state index contributed by atoms with van der Waals surface area (Å²) >= 11 is 0. The van der Waals surface area contributed by atoms with E-state index in [9.17, 15) is 9.90 Å². The first kappa shape index (κ1) is 21.8. The summed E-state index contributed by atoms with van der Waals surface area (Å²) in [6.07, 6.45) is 2.53. The average Bonchev–Trinajstić information content (AvgIpc) is 3.55. The van der Waals surface area contributed by atoms with Gasteiger partial charge in [-0.3, -0.25) is 9.89 Å². The topological polar surface area (TPSA) is 91.6 Å². The second kappa shape index (κ2) is 8.74. The molecule has 0 spiro atoms. The number of aromatic nitrogens is 2. The molecule has 0 radical (unpaired) electrons. The normalized spacial score (nSPS) is 15.1. The highest BCUT2D eigenvalue weighted by Gasteiger charge is 2.43. The molecule has 174 valence electrons. The maximum absolute atomic E-state index is 13.5. The molecule has 2 aromatic heterocycles. The molecule has 1 atom stereocenters. The van der Waals surface area contributed by atoms with Gasteiger partial charge in [-0.05, 0) is 67.3 Å². The van der Waals surface area contributed by atoms with E-state index in [1.807, 2.05) is 62.4 Å². The van der Waals surface area contributed by atoms with E-state index >= 15 is 0 Å². The van der Waals surface area contributed by atoms with Crippen molar-refractivity contribution in [3.8, 4) is 22.8 Å². The Morgan fingerprint density at radius 3 is 2.68 bits per heavy atom. The Labute approximate surface area is 198 Å². The zero-order valence-electron chi connectivity index (χ0n) is 19.5. The van der Waals surface area contributed by atoms with Crippen LogP contribution in [0, 0.1) is 13.8 Å². The Morgan fingerprint density at radius 1 is 1.18 bits per heavy atom. The molecule has 34 heavy (non-hydrogen) atoms. The van der Waals surface area contributed by atoms with Gasteiger partial charge in [0, 0.05) is 11.1 Å². The van der Waals surface area contributed by atoms with Crippen LogP contribution in [-0.2, 0) is 6.54 Å². The number of fused-ring (bicyclic) bond motifs is 1. The zero-order chi connectivity index (χ0) is 23.8. The number of amides is 1. The molecule has 0 aliphatic carbocycles. The molecule has 0 saturated heterocycles. The van der Waals surface area contributed by atoms with Crippen LogP contribution in [0.15, 0.2) is 59.2 Å². The number of phenolic OH excluding ortho intramolecular Hbond substituents is 1. The van der Waals surface area contributed by atoms with Crippen molar-refractivity contribution >= 4 is 5.91 Å². The average molecular weight is 458 g/mol. The maximum atomic E-state index is 13.5. The summed E-state index contributed by atoms with van der Waals surface area (Å²) in [7, 11) is 0. The molecule has 1 unspecified atom stereocenters. The molecule has 0 bridgehead atoms. The summed E-state index contributed by atoms with van der Waals surface area (Å²) in [5.41, 5.74) is 5.05. The minimum atomic E-state index is -0.401. The van der Waals surface area contributed by atoms with Crippen molar-refractivity contribution in [2.45, 2.75) is 39.8 Å². The second-order valence-electron chi connectivity index (χ2n) is 8.67. The van der Waals surface area contributed by atoms with Gasteiger partial charge in [0.15, 0.2) is 0 Å². The molecule has 7 nitrogen and oxygen atoms in total. The number of nitrogens with one attached hydrogen (secondary N) is 1. The number of H-pyrrole nitrogens is 1. The van der Waals surface area contributed by atoms with E-state index < -0.39 is 6.04 Å². The molecular formula is C27H27N3O4. The first-order valence-corrected chi connectivity index (χ1v) is 11.4. The number of ether oxygens (including phenoxy) is 1. The van der Waals surface area contributed by atoms with Gasteiger partial charge in [0.2, 0.25) is 0 Å². The molecule has 0 fully saturated rings. The van der Waals surface area contributed by atoms with Gasteiger partial charge in [-0.15, -0.1) is 0 Å². The Bertz CT molecular complexity index is 1320. The molecule has 5 rings (SSSR count). The van der Waals surface area contributed by atoms with E-state index in [0.29, 0.717) is 35.9 Å². The zero-order valence-corrected chi connectivity index (χ0v) is 19.5. The van der Waals surface area contributed by atoms with Gasteiger partial charge in [-0.1, -0.05) is 25.1 Å². The summed E-state index contributed by atoms with van der Waals surface area (Å²) in [6, 6.07) is 14.9. The number of aryl methyl sites for hydroxylation is 2. The molecule has 4 aromatic rings. The molecule has 0 saturated carbocycles. The van der Waals surface area contributed by atoms with Crippen LogP contribution in [0.5, 0.6) is 11.5 Å². The number of aromatic amines is 1. The molecular weight excluding hydrogens is 430 g/mol. The largest absolute Gasteiger partial charge is 0.507 e. The fourth-order valence-corrected chi connectivity index (χ4v) is 4.59. The quantitative estimate of drug-likeness (QED) is 0.381. The summed E-state index contributed by atoms with van der Waals surface area (Å²) in [4.78, 5) is 15.3. The lowest BCUT2D eigenvalue weighted by molar-refractivity contribution is 0.0717. The lowest BCUT2D eigenvalue weighted by atomic mass is 9.94. The summed E-state index contributed by atoms with van der Waals surface area (Å²) in [5, 5.41) is 18.3. The third kappa shape index (κ3) is 3.73. The monoisotopic (exact) mass is 457 g/mol. The Kier molecular flexibility index (Phi) is 5.61. The number of benzene rings is 2. The van der Waals surface area contributed by atoms with Crippen molar-refractivity contribution in [3.05, 3.63) is 88.5 Å². The van der Waals surface area contributed by atoms with Gasteiger partial charge < -0.3 is 19.2 Å². The van der Waals surface area contributed by atoms with Crippen LogP contribution >= 0.6 is 0 Å². The van der Waals surface area contributed by atoms with Crippen LogP contribution in [0.3, 0.4) is 0 Å². The standard InChI is InChI=1S/C27H27N3O4/c1-4-11-33-19-9-7-18(8-10-19)25-22-23(21-14-16(2)13-17(3)26(21)31)28-29-24(22)27(32)30(25)15-20-6-5-12-34-20/h5-10,12-14,25,31H,4,11,15H2,1-3H3,(H,28,29). The lowest BCUT2D eigenvalue weighted by Crippen LogP contribution is -2.29. The molecule has 2 N–H and O–H groups in total. The number of aromatic hydroxyl groups is 1. The number of phenols is 1. The number of hydrogen-bond acceptors (Lipinski definition) is 5. The van der Waals surface area contributed by atoms with Crippen LogP contribution < -0.4 is 4.74 Å². The van der Waals surface area contributed by atoms with Crippen LogP contribution in [0.2, 0.25) is 0 Å². The van der Waals surface area contributed by atoms with Crippen LogP contribution in [-0.4, -0.2) is 32.7 Å². The first-order chi connectivity index (χ1) is 16.5. The number of carbonyl (C=O) groups is 1. The highest BCUT2D eigenvalue weighted by Crippen LogP contribution is 2.46. The molecule has 1 amide bonds. The molecule has 2 aromatic carbocycles. The highest BCUT2D eigenvalue weighted by atomic mass is 16.5. The second-order valence-corrected chi connectivity index (χ2v) is 8.67. The molecule has 3 heterocycles. The third-order valence-electron chi connectivity index (χ3n) is 6.14. The molecule has 7 heteroatoms. The van der Waals surface area contributed by atoms with Gasteiger partial charge >= 0.3 is 0 Å². The van der Waals surface area contributed by atoms with Crippen molar-refractivity contribution in [1.82, 2.24) is 15.1 Å². The first-order valence-electron chi connectivity index (χ1n) is 11.4. The van der Waals surface area contributed by atoms with Crippen molar-refractivity contribution < 1.29 is 19.1 Å². The predicted octanol–water partition coefficient (Wildman–Crippen LogP) is 5.53. The fourth-order valence-electron chi connectivity index (χ4n) is 4.59. The third-order valence-corrected chi connectivity index (χ3v) is 6.14. The van der Waals surface area contributed by atoms with Gasteiger partial charge in [0.1, 0.15) is 28.6 Å². The smallest absolute Gasteiger partial charge is 0.273 e. The Balaban J connectivity index is 1.63. The minimum Gasteiger partial charge on any atom is -0.507 e. The number of rotatable bonds is 7. The van der Waals surface area contributed by atoms with E-state index in [4.69, 9.17) is 9.15 Å². The summed E-state index contributed by atoms with van der Waals surface area (Å²) in [5.74, 6) is 1.48. The summed E-state index contributed by atoms with van der Waals surface area (Å²) in [6.45, 7) is 6.86. The highest BCUT2D eigenvalue weighted by molar-refractivity contribution is 6.00. The predicted molar refractivity (Wildman–Crippen MR) is 128 cm³/mol. The fraction of sp³-hybridized carbons (Fsp3) is 0.259. The number of carbonyl (C=O) groups excluding carboxylic acids is 1. The van der Waals surface area contributed by atoms with Crippen LogP contribution in [0.4, 0.5) is 0 Å². The van der Waals surface area contributed by atoms with Gasteiger partial charge in [0.25, 0.3) is 5.91 Å². The summed E-state index contributed by atoms with van der Waals surface area (Å²) < 4.78 is 11.3. The number of hydrogen-bond donors (Lipinski definition) is 2. The van der Waals surface area contributed by atoms with Crippen molar-refractivity contribution in [1.29, 1.82) is 0 Å². The van der Waals surface area contributed by atoms with Gasteiger partial charge in [0.05, 0.1) is 25.5 Å². The van der Waals surface area contributed by atoms with E-state index in [-0.39, 0.29) is 11.7 Å². The van der Waals surface area contributed by atoms with E-state index in [1.165, 1.54) is 0 Å². The van der Waals surface area contributed by atoms with Crippen LogP contribution in [0.25, 0.3) is 11.3 Å². The van der Waals surface area contributed by atoms with Crippen molar-refractivity contribution in [3.63, 3.8) is 0 Å². The van der Waals surface area contributed by atoms with Crippen molar-refractivity contribution in [2.75, 3.05) is 6.61 Å². The number of nitrogens with zero attached hydrogens (tertiary/aromatic N) is 2. The Morgan fingerprint density at radius 2 is 1.97 bits per heavy atom. The van der Waals surface area contributed by atoms with Gasteiger partial charge in [-0.2, -0.15) is 5.10 Å². The van der Waals surface area contributed by atoms with Gasteiger partial charge in [-0.25, -0.2) is 0 Å². The molecule has 1 aliphatic heterocycles. The minimum absolute atomic E-state index is 0.162. The maximum Gasteiger partial charge on any atom is 0.273 e. The SMILES string of the molecule is CCCOc1ccc(C2c3c(-c4cc(C)cc(C)c4O)n[nH]c3C(=O)N2Cc2ccco2)cc1. The number of furan rings is 1. The lowest BCUT2D eigenvalue weighted by Gasteiger charge is -2.26. The Hall–Kier alpha value is -4.00. The van der Waals surface area contributed by atoms with Crippen molar-refractivity contribution in [2.24, 2.45) is 0 Å². The van der Waals surface area contributed by atoms with Crippen LogP contribution in [0.1, 0.15) is 57.9 Å². The van der Waals surface area contributed by atoms with E-state index in [2.05, 4.69) is 17.1 Å². The molecule has 1 aliphatic rings. The van der Waals surface area contributed by atoms with E-state index in [1.54, 1.807) is 11.2 Å².